The minimum Gasteiger partial charge on any atom is -0.389 e. The van der Waals surface area contributed by atoms with E-state index >= 15 is 0 Å². The standard InChI is InChI=1S/C13H18.C9H17NO.C5H10.C3H6/c1-6-9(2)13-7-10(3)12(5)11(4)8-13;1-8(2)10-7-9-3-5-11-6-4-9;1-4-5(2)3;1-2-3-1/h6-8H,1-5H3;9-10H,1,3-7H2,2H3;2,4H2,1,3H3;1-3H2/b9-6+;;;. The molecule has 1 aromatic rings. The van der Waals surface area contributed by atoms with Crippen molar-refractivity contribution < 1.29 is 4.74 Å². The van der Waals surface area contributed by atoms with Gasteiger partial charge in [-0.25, -0.2) is 0 Å². The average Bonchev–Trinajstić information content (AvgIpc) is 3.66. The van der Waals surface area contributed by atoms with Gasteiger partial charge in [-0.15, -0.1) is 6.58 Å². The molecule has 2 nitrogen and oxygen atoms in total. The van der Waals surface area contributed by atoms with E-state index in [1.807, 2.05) is 13.8 Å². The summed E-state index contributed by atoms with van der Waals surface area (Å²) in [5.74, 6) is 0.792. The first-order valence-electron chi connectivity index (χ1n) is 12.4. The van der Waals surface area contributed by atoms with Crippen LogP contribution in [0, 0.1) is 26.7 Å². The summed E-state index contributed by atoms with van der Waals surface area (Å²) in [4.78, 5) is 0. The van der Waals surface area contributed by atoms with Crippen LogP contribution in [0.5, 0.6) is 0 Å². The molecule has 0 bridgehead atoms. The van der Waals surface area contributed by atoms with Crippen LogP contribution in [0.15, 0.2) is 42.6 Å². The van der Waals surface area contributed by atoms with Gasteiger partial charge in [-0.05, 0) is 101 Å². The molecule has 182 valence electrons. The lowest BCUT2D eigenvalue weighted by Crippen LogP contribution is -2.26. The van der Waals surface area contributed by atoms with Crippen molar-refractivity contribution in [2.45, 2.75) is 93.9 Å². The van der Waals surface area contributed by atoms with Gasteiger partial charge in [0.25, 0.3) is 0 Å². The summed E-state index contributed by atoms with van der Waals surface area (Å²) in [6, 6.07) is 4.52. The molecule has 1 N–H and O–H groups in total. The lowest BCUT2D eigenvalue weighted by molar-refractivity contribution is 0.0670. The molecule has 32 heavy (non-hydrogen) atoms. The second kappa shape index (κ2) is 17.7. The largest absolute Gasteiger partial charge is 0.389 e. The quantitative estimate of drug-likeness (QED) is 0.461. The molecule has 0 atom stereocenters. The third-order valence-corrected chi connectivity index (χ3v) is 5.81. The smallest absolute Gasteiger partial charge is 0.0469 e. The molecule has 1 aliphatic heterocycles. The van der Waals surface area contributed by atoms with Crippen LogP contribution in [-0.2, 0) is 4.74 Å². The normalized spacial score (nSPS) is 15.1. The van der Waals surface area contributed by atoms with Crippen LogP contribution >= 0.6 is 0 Å². The number of rotatable bonds is 5. The first-order valence-corrected chi connectivity index (χ1v) is 12.4. The van der Waals surface area contributed by atoms with Gasteiger partial charge < -0.3 is 10.1 Å². The second-order valence-electron chi connectivity index (χ2n) is 9.30. The monoisotopic (exact) mass is 441 g/mol. The maximum atomic E-state index is 5.26. The second-order valence-corrected chi connectivity index (χ2v) is 9.30. The summed E-state index contributed by atoms with van der Waals surface area (Å²) in [5, 5.41) is 3.27. The van der Waals surface area contributed by atoms with Crippen LogP contribution in [0.25, 0.3) is 5.57 Å². The van der Waals surface area contributed by atoms with Gasteiger partial charge in [0, 0.05) is 25.5 Å². The Morgan fingerprint density at radius 1 is 1.00 bits per heavy atom. The van der Waals surface area contributed by atoms with Crippen LogP contribution < -0.4 is 5.32 Å². The van der Waals surface area contributed by atoms with E-state index in [2.05, 4.69) is 78.2 Å². The van der Waals surface area contributed by atoms with E-state index in [9.17, 15) is 0 Å². The predicted molar refractivity (Wildman–Crippen MR) is 145 cm³/mol. The average molecular weight is 442 g/mol. The van der Waals surface area contributed by atoms with Gasteiger partial charge in [-0.3, -0.25) is 0 Å². The van der Waals surface area contributed by atoms with E-state index in [4.69, 9.17) is 4.74 Å². The summed E-state index contributed by atoms with van der Waals surface area (Å²) < 4.78 is 5.26. The molecule has 2 heteroatoms. The first-order chi connectivity index (χ1) is 15.1. The molecule has 0 radical (unpaired) electrons. The maximum absolute atomic E-state index is 5.26. The molecule has 0 unspecified atom stereocenters. The van der Waals surface area contributed by atoms with E-state index in [-0.39, 0.29) is 0 Å². The molecule has 1 aliphatic carbocycles. The molecule has 0 amide bonds. The van der Waals surface area contributed by atoms with E-state index in [1.165, 1.54) is 65.5 Å². The summed E-state index contributed by atoms with van der Waals surface area (Å²) in [7, 11) is 0. The SMILES string of the molecule is C/C=C(\C)c1cc(C)c(C)c(C)c1.C1CC1.C=C(C)CC.C=C(C)NCC1CCOCC1. The highest BCUT2D eigenvalue weighted by Crippen LogP contribution is 2.21. The topological polar surface area (TPSA) is 21.3 Å². The molecule has 1 aromatic carbocycles. The lowest BCUT2D eigenvalue weighted by Gasteiger charge is -2.22. The molecule has 1 saturated heterocycles. The highest BCUT2D eigenvalue weighted by Gasteiger charge is 2.12. The van der Waals surface area contributed by atoms with Crippen molar-refractivity contribution in [3.8, 4) is 0 Å². The molecule has 2 aliphatic rings. The van der Waals surface area contributed by atoms with Crippen molar-refractivity contribution in [1.29, 1.82) is 0 Å². The fraction of sp³-hybridized carbons (Fsp3) is 0.600. The molecular formula is C30H51NO. The summed E-state index contributed by atoms with van der Waals surface area (Å²) in [5.41, 5.74) is 9.20. The number of nitrogens with one attached hydrogen (secondary N) is 1. The zero-order chi connectivity index (χ0) is 24.5. The Bertz CT molecular complexity index is 680. The van der Waals surface area contributed by atoms with Gasteiger partial charge in [-0.1, -0.05) is 56.5 Å². The van der Waals surface area contributed by atoms with Gasteiger partial charge in [0.05, 0.1) is 0 Å². The Labute approximate surface area is 200 Å². The van der Waals surface area contributed by atoms with Gasteiger partial charge in [0.1, 0.15) is 0 Å². The number of hydrogen-bond donors (Lipinski definition) is 1. The van der Waals surface area contributed by atoms with Crippen molar-refractivity contribution in [2.75, 3.05) is 19.8 Å². The third-order valence-electron chi connectivity index (χ3n) is 5.81. The van der Waals surface area contributed by atoms with Crippen LogP contribution in [0.4, 0.5) is 0 Å². The molecular weight excluding hydrogens is 390 g/mol. The molecule has 3 rings (SSSR count). The first kappa shape index (κ1) is 30.2. The Balaban J connectivity index is 0.000000452. The minimum atomic E-state index is 0.792. The third kappa shape index (κ3) is 15.9. The maximum Gasteiger partial charge on any atom is 0.0469 e. The Hall–Kier alpha value is -1.80. The van der Waals surface area contributed by atoms with Crippen LogP contribution in [0.1, 0.15) is 95.4 Å². The van der Waals surface area contributed by atoms with Gasteiger partial charge in [0.2, 0.25) is 0 Å². The molecule has 1 saturated carbocycles. The van der Waals surface area contributed by atoms with Crippen molar-refractivity contribution in [1.82, 2.24) is 5.32 Å². The number of hydrogen-bond acceptors (Lipinski definition) is 2. The molecule has 0 spiro atoms. The number of allylic oxidation sites excluding steroid dienone is 4. The summed E-state index contributed by atoms with van der Waals surface area (Å²) >= 11 is 0. The van der Waals surface area contributed by atoms with E-state index in [0.29, 0.717) is 0 Å². The Morgan fingerprint density at radius 3 is 1.81 bits per heavy atom. The van der Waals surface area contributed by atoms with E-state index in [0.717, 1.165) is 37.8 Å². The highest BCUT2D eigenvalue weighted by atomic mass is 16.5. The number of benzene rings is 1. The molecule has 2 fully saturated rings. The zero-order valence-electron chi connectivity index (χ0n) is 22.5. The predicted octanol–water partition coefficient (Wildman–Crippen LogP) is 8.71. The molecule has 0 aromatic heterocycles. The minimum absolute atomic E-state index is 0.792. The van der Waals surface area contributed by atoms with Crippen LogP contribution in [0.2, 0.25) is 0 Å². The fourth-order valence-corrected chi connectivity index (χ4v) is 2.70. The van der Waals surface area contributed by atoms with Gasteiger partial charge >= 0.3 is 0 Å². The van der Waals surface area contributed by atoms with Crippen molar-refractivity contribution in [3.63, 3.8) is 0 Å². The Kier molecular flexibility index (Phi) is 16.7. The number of aryl methyl sites for hydroxylation is 2. The van der Waals surface area contributed by atoms with Crippen LogP contribution in [0.3, 0.4) is 0 Å². The van der Waals surface area contributed by atoms with Gasteiger partial charge in [-0.2, -0.15) is 0 Å². The molecule has 1 heterocycles. The highest BCUT2D eigenvalue weighted by molar-refractivity contribution is 5.65. The summed E-state index contributed by atoms with van der Waals surface area (Å²) in [6.45, 7) is 27.3. The van der Waals surface area contributed by atoms with E-state index in [1.54, 1.807) is 0 Å². The fourth-order valence-electron chi connectivity index (χ4n) is 2.70. The van der Waals surface area contributed by atoms with E-state index < -0.39 is 0 Å². The lowest BCUT2D eigenvalue weighted by atomic mass is 9.97. The van der Waals surface area contributed by atoms with Crippen molar-refractivity contribution in [2.24, 2.45) is 5.92 Å². The van der Waals surface area contributed by atoms with Crippen LogP contribution in [-0.4, -0.2) is 19.8 Å². The summed E-state index contributed by atoms with van der Waals surface area (Å²) in [6.07, 6.45) is 10.2. The zero-order valence-corrected chi connectivity index (χ0v) is 22.5. The Morgan fingerprint density at radius 2 is 1.47 bits per heavy atom. The number of ether oxygens (including phenoxy) is 1. The van der Waals surface area contributed by atoms with Crippen molar-refractivity contribution in [3.05, 3.63) is 64.9 Å². The van der Waals surface area contributed by atoms with Crippen molar-refractivity contribution >= 4 is 5.57 Å². The van der Waals surface area contributed by atoms with Gasteiger partial charge in [0.15, 0.2) is 0 Å².